The maximum Gasteiger partial charge on any atom is 0.0793 e. The highest BCUT2D eigenvalue weighted by Crippen LogP contribution is 2.38. The lowest BCUT2D eigenvalue weighted by molar-refractivity contribution is 0.446. The van der Waals surface area contributed by atoms with Crippen LogP contribution in [0.1, 0.15) is 64.2 Å². The van der Waals surface area contributed by atoms with Crippen molar-refractivity contribution in [1.29, 1.82) is 0 Å². The van der Waals surface area contributed by atoms with Crippen LogP contribution in [-0.4, -0.2) is 17.2 Å². The minimum absolute atomic E-state index is 0.677. The van der Waals surface area contributed by atoms with Gasteiger partial charge in [-0.05, 0) is 73.8 Å². The Morgan fingerprint density at radius 2 is 0.931 bits per heavy atom. The topological polar surface area (TPSA) is 6.48 Å². The minimum Gasteiger partial charge on any atom is -0.312 e. The van der Waals surface area contributed by atoms with Crippen molar-refractivity contribution in [2.75, 3.05) is 13.7 Å². The molecule has 2 aliphatic carbocycles. The van der Waals surface area contributed by atoms with Crippen LogP contribution in [0.15, 0.2) is 60.7 Å². The van der Waals surface area contributed by atoms with Gasteiger partial charge >= 0.3 is 0 Å². The molecule has 0 radical (unpaired) electrons. The highest BCUT2D eigenvalue weighted by atomic mass is 32.2. The zero-order valence-electron chi connectivity index (χ0n) is 17.4. The predicted molar refractivity (Wildman–Crippen MR) is 132 cm³/mol. The largest absolute Gasteiger partial charge is 0.312 e. The Morgan fingerprint density at radius 3 is 1.31 bits per heavy atom. The van der Waals surface area contributed by atoms with Gasteiger partial charge in [0.1, 0.15) is 0 Å². The maximum absolute atomic E-state index is 2.62. The Hall–Kier alpha value is -1.26. The van der Waals surface area contributed by atoms with Gasteiger partial charge in [-0.2, -0.15) is 0 Å². The van der Waals surface area contributed by atoms with E-state index in [1.165, 1.54) is 75.6 Å². The maximum atomic E-state index is 2.62. The van der Waals surface area contributed by atoms with Gasteiger partial charge in [0, 0.05) is 23.5 Å². The molecule has 0 saturated heterocycles. The molecule has 0 amide bonds. The summed E-state index contributed by atoms with van der Waals surface area (Å²) in [6.45, 7) is 0. The first kappa shape index (κ1) is 21.0. The normalized spacial score (nSPS) is 18.5. The van der Waals surface area contributed by atoms with E-state index in [0.717, 1.165) is 5.08 Å². The van der Waals surface area contributed by atoms with Crippen LogP contribution < -0.4 is 8.61 Å². The molecule has 0 bridgehead atoms. The number of hydrogen-bond acceptors (Lipinski definition) is 4. The second kappa shape index (κ2) is 11.2. The quantitative estimate of drug-likeness (QED) is 0.312. The van der Waals surface area contributed by atoms with Crippen LogP contribution in [0.4, 0.5) is 11.4 Å². The van der Waals surface area contributed by atoms with Gasteiger partial charge in [-0.15, -0.1) is 0 Å². The third-order valence-electron chi connectivity index (χ3n) is 6.22. The highest BCUT2D eigenvalue weighted by molar-refractivity contribution is 8.17. The molecule has 4 rings (SSSR count). The lowest BCUT2D eigenvalue weighted by atomic mass is 9.95. The average molecular weight is 427 g/mol. The molecular weight excluding hydrogens is 392 g/mol. The molecule has 0 aliphatic heterocycles. The standard InChI is InChI=1S/C25H34N2S2/c1-5-13-22(14-6-1)26(23-15-7-2-8-16-23)28-21-29-27(24-17-9-3-10-18-24)25-19-11-4-12-20-25/h1,3,5-6,9-10,13-14,17-18,23,25H,2,4,7-8,11-12,15-16,19-21H2. The van der Waals surface area contributed by atoms with Crippen LogP contribution in [0.25, 0.3) is 0 Å². The van der Waals surface area contributed by atoms with Gasteiger partial charge in [0.05, 0.1) is 5.08 Å². The number of benzene rings is 2. The lowest BCUT2D eigenvalue weighted by Gasteiger charge is -2.37. The van der Waals surface area contributed by atoms with E-state index in [-0.39, 0.29) is 0 Å². The van der Waals surface area contributed by atoms with E-state index in [4.69, 9.17) is 0 Å². The monoisotopic (exact) mass is 426 g/mol. The number of nitrogens with zero attached hydrogens (tertiary/aromatic N) is 2. The zero-order chi connectivity index (χ0) is 19.7. The summed E-state index contributed by atoms with van der Waals surface area (Å²) < 4.78 is 5.24. The van der Waals surface area contributed by atoms with E-state index >= 15 is 0 Å². The molecule has 0 atom stereocenters. The van der Waals surface area contributed by atoms with E-state index in [0.29, 0.717) is 12.1 Å². The van der Waals surface area contributed by atoms with E-state index in [9.17, 15) is 0 Å². The number of para-hydroxylation sites is 2. The summed E-state index contributed by atoms with van der Waals surface area (Å²) in [4.78, 5) is 0. The first-order chi connectivity index (χ1) is 14.4. The van der Waals surface area contributed by atoms with Crippen LogP contribution in [-0.2, 0) is 0 Å². The summed E-state index contributed by atoms with van der Waals surface area (Å²) in [5.41, 5.74) is 2.74. The van der Waals surface area contributed by atoms with Gasteiger partial charge in [-0.1, -0.05) is 74.9 Å². The summed E-state index contributed by atoms with van der Waals surface area (Å²) in [6.07, 6.45) is 13.6. The Balaban J connectivity index is 1.43. The van der Waals surface area contributed by atoms with Gasteiger partial charge < -0.3 is 8.61 Å². The fourth-order valence-electron chi connectivity index (χ4n) is 4.70. The van der Waals surface area contributed by atoms with E-state index in [1.807, 2.05) is 23.9 Å². The fourth-order valence-corrected chi connectivity index (χ4v) is 7.18. The SMILES string of the molecule is c1ccc(N(SCSN(c2ccccc2)C2CCCCC2)C2CCCCC2)cc1. The average Bonchev–Trinajstić information content (AvgIpc) is 2.81. The first-order valence-electron chi connectivity index (χ1n) is 11.4. The molecule has 4 heteroatoms. The molecule has 0 spiro atoms. The molecule has 0 N–H and O–H groups in total. The Morgan fingerprint density at radius 1 is 0.552 bits per heavy atom. The van der Waals surface area contributed by atoms with Crippen LogP contribution in [0.2, 0.25) is 0 Å². The Kier molecular flexibility index (Phi) is 8.12. The van der Waals surface area contributed by atoms with Gasteiger partial charge in [0.25, 0.3) is 0 Å². The molecule has 2 nitrogen and oxygen atoms in total. The summed E-state index contributed by atoms with van der Waals surface area (Å²) in [5.74, 6) is 0. The molecule has 0 aromatic heterocycles. The van der Waals surface area contributed by atoms with Gasteiger partial charge in [-0.3, -0.25) is 0 Å². The van der Waals surface area contributed by atoms with Crippen LogP contribution in [0.5, 0.6) is 0 Å². The number of anilines is 2. The van der Waals surface area contributed by atoms with Crippen molar-refractivity contribution in [3.63, 3.8) is 0 Å². The van der Waals surface area contributed by atoms with Crippen molar-refractivity contribution in [2.24, 2.45) is 0 Å². The van der Waals surface area contributed by atoms with Crippen LogP contribution in [0.3, 0.4) is 0 Å². The molecule has 2 aliphatic rings. The Bertz CT molecular complexity index is 636. The third kappa shape index (κ3) is 5.88. The molecule has 2 saturated carbocycles. The van der Waals surface area contributed by atoms with Crippen molar-refractivity contribution in [3.8, 4) is 0 Å². The smallest absolute Gasteiger partial charge is 0.0793 e. The van der Waals surface area contributed by atoms with Gasteiger partial charge in [-0.25, -0.2) is 0 Å². The van der Waals surface area contributed by atoms with E-state index < -0.39 is 0 Å². The van der Waals surface area contributed by atoms with Crippen molar-refractivity contribution >= 4 is 35.3 Å². The summed E-state index contributed by atoms with van der Waals surface area (Å²) in [5, 5.41) is 1.07. The third-order valence-corrected chi connectivity index (χ3v) is 8.64. The fraction of sp³-hybridized carbons (Fsp3) is 0.520. The van der Waals surface area contributed by atoms with Crippen LogP contribution in [0, 0.1) is 0 Å². The molecule has 156 valence electrons. The van der Waals surface area contributed by atoms with E-state index in [2.05, 4.69) is 69.3 Å². The number of rotatable bonds is 8. The summed E-state index contributed by atoms with van der Waals surface area (Å²) in [7, 11) is 0. The summed E-state index contributed by atoms with van der Waals surface area (Å²) >= 11 is 4.05. The second-order valence-corrected chi connectivity index (χ2v) is 10.5. The zero-order valence-corrected chi connectivity index (χ0v) is 19.1. The summed E-state index contributed by atoms with van der Waals surface area (Å²) in [6, 6.07) is 23.4. The van der Waals surface area contributed by atoms with Crippen molar-refractivity contribution in [1.82, 2.24) is 0 Å². The molecule has 2 aromatic rings. The molecule has 0 unspecified atom stereocenters. The lowest BCUT2D eigenvalue weighted by Crippen LogP contribution is -2.33. The highest BCUT2D eigenvalue weighted by Gasteiger charge is 2.25. The molecule has 2 aromatic carbocycles. The molecular formula is C25H34N2S2. The molecule has 29 heavy (non-hydrogen) atoms. The van der Waals surface area contributed by atoms with Crippen molar-refractivity contribution in [2.45, 2.75) is 76.3 Å². The predicted octanol–water partition coefficient (Wildman–Crippen LogP) is 7.92. The minimum atomic E-state index is 0.677. The second-order valence-electron chi connectivity index (χ2n) is 8.28. The molecule has 2 fully saturated rings. The first-order valence-corrected chi connectivity index (χ1v) is 13.2. The number of hydrogen-bond donors (Lipinski definition) is 0. The van der Waals surface area contributed by atoms with Gasteiger partial charge in [0.15, 0.2) is 0 Å². The molecule has 0 heterocycles. The van der Waals surface area contributed by atoms with Gasteiger partial charge in [0.2, 0.25) is 0 Å². The van der Waals surface area contributed by atoms with Crippen molar-refractivity contribution in [3.05, 3.63) is 60.7 Å². The van der Waals surface area contributed by atoms with Crippen LogP contribution >= 0.6 is 23.9 Å². The van der Waals surface area contributed by atoms with Crippen molar-refractivity contribution < 1.29 is 0 Å². The van der Waals surface area contributed by atoms with E-state index in [1.54, 1.807) is 0 Å². The Labute approximate surface area is 185 Å².